The van der Waals surface area contributed by atoms with Gasteiger partial charge in [0.2, 0.25) is 0 Å². The van der Waals surface area contributed by atoms with E-state index in [0.29, 0.717) is 5.69 Å². The lowest BCUT2D eigenvalue weighted by Crippen LogP contribution is -2.03. The van der Waals surface area contributed by atoms with Crippen LogP contribution in [0.3, 0.4) is 0 Å². The summed E-state index contributed by atoms with van der Waals surface area (Å²) in [6.45, 7) is 3.19. The maximum absolute atomic E-state index is 5.94. The molecule has 3 N–H and O–H groups in total. The summed E-state index contributed by atoms with van der Waals surface area (Å²) in [5.74, 6) is 0.745. The number of benzene rings is 2. The number of nitrogen functional groups attached to an aromatic ring is 1. The summed E-state index contributed by atoms with van der Waals surface area (Å²) in [7, 11) is 1.64. The van der Waals surface area contributed by atoms with Crippen molar-refractivity contribution in [3.05, 3.63) is 53.6 Å². The minimum atomic E-state index is 0.709. The van der Waals surface area contributed by atoms with Crippen LogP contribution >= 0.6 is 0 Å². The predicted molar refractivity (Wildman–Crippen MR) is 99.3 cm³/mol. The Balaban J connectivity index is 1.73. The normalized spacial score (nSPS) is 10.5. The lowest BCUT2D eigenvalue weighted by Gasteiger charge is -2.09. The SMILES string of the molecule is CCCCc1ccc(NCCCc2ccc(OC)c(N)c2)cc1. The van der Waals surface area contributed by atoms with Crippen molar-refractivity contribution in [2.45, 2.75) is 39.0 Å². The van der Waals surface area contributed by atoms with Crippen molar-refractivity contribution < 1.29 is 4.74 Å². The quantitative estimate of drug-likeness (QED) is 0.523. The number of hydrogen-bond acceptors (Lipinski definition) is 3. The fourth-order valence-electron chi connectivity index (χ4n) is 2.63. The van der Waals surface area contributed by atoms with Crippen LogP contribution in [-0.2, 0) is 12.8 Å². The number of methoxy groups -OCH3 is 1. The Bertz CT molecular complexity index is 593. The van der Waals surface area contributed by atoms with Crippen LogP contribution in [0.1, 0.15) is 37.3 Å². The maximum Gasteiger partial charge on any atom is 0.141 e. The van der Waals surface area contributed by atoms with E-state index < -0.39 is 0 Å². The minimum absolute atomic E-state index is 0.709. The second-order valence-electron chi connectivity index (χ2n) is 5.91. The summed E-state index contributed by atoms with van der Waals surface area (Å²) in [6, 6.07) is 14.8. The minimum Gasteiger partial charge on any atom is -0.495 e. The van der Waals surface area contributed by atoms with Crippen molar-refractivity contribution in [2.75, 3.05) is 24.7 Å². The smallest absolute Gasteiger partial charge is 0.141 e. The molecule has 3 nitrogen and oxygen atoms in total. The predicted octanol–water partition coefficient (Wildman–Crippen LogP) is 4.66. The summed E-state index contributed by atoms with van der Waals surface area (Å²) in [5, 5.41) is 3.48. The van der Waals surface area contributed by atoms with Crippen LogP contribution in [0.25, 0.3) is 0 Å². The van der Waals surface area contributed by atoms with Gasteiger partial charge in [0.25, 0.3) is 0 Å². The van der Waals surface area contributed by atoms with Gasteiger partial charge in [-0.3, -0.25) is 0 Å². The standard InChI is InChI=1S/C20H28N2O/c1-3-4-6-16-8-11-18(12-9-16)22-14-5-7-17-10-13-20(23-2)19(21)15-17/h8-13,15,22H,3-7,14,21H2,1-2H3. The molecule has 0 amide bonds. The summed E-state index contributed by atoms with van der Waals surface area (Å²) < 4.78 is 5.18. The second-order valence-corrected chi connectivity index (χ2v) is 5.91. The van der Waals surface area contributed by atoms with E-state index in [2.05, 4.69) is 42.6 Å². The van der Waals surface area contributed by atoms with Crippen LogP contribution in [-0.4, -0.2) is 13.7 Å². The number of unbranched alkanes of at least 4 members (excludes halogenated alkanes) is 1. The van der Waals surface area contributed by atoms with Gasteiger partial charge < -0.3 is 15.8 Å². The molecule has 124 valence electrons. The number of rotatable bonds is 9. The zero-order chi connectivity index (χ0) is 16.5. The van der Waals surface area contributed by atoms with E-state index in [9.17, 15) is 0 Å². The van der Waals surface area contributed by atoms with Gasteiger partial charge >= 0.3 is 0 Å². The molecule has 2 rings (SSSR count). The van der Waals surface area contributed by atoms with E-state index in [1.165, 1.54) is 36.1 Å². The topological polar surface area (TPSA) is 47.3 Å². The number of aryl methyl sites for hydroxylation is 2. The van der Waals surface area contributed by atoms with Gasteiger partial charge in [0.15, 0.2) is 0 Å². The molecule has 0 atom stereocenters. The zero-order valence-corrected chi connectivity index (χ0v) is 14.3. The van der Waals surface area contributed by atoms with E-state index >= 15 is 0 Å². The molecule has 2 aromatic rings. The Morgan fingerprint density at radius 2 is 1.65 bits per heavy atom. The van der Waals surface area contributed by atoms with E-state index in [1.807, 2.05) is 12.1 Å². The molecule has 0 spiro atoms. The molecule has 0 aliphatic rings. The summed E-state index contributed by atoms with van der Waals surface area (Å²) in [6.07, 6.45) is 5.77. The molecule has 3 heteroatoms. The molecule has 0 aliphatic carbocycles. The maximum atomic E-state index is 5.94. The molecule has 0 saturated carbocycles. The highest BCUT2D eigenvalue weighted by Crippen LogP contribution is 2.22. The molecule has 0 radical (unpaired) electrons. The molecular weight excluding hydrogens is 284 g/mol. The van der Waals surface area contributed by atoms with Crippen LogP contribution in [0.5, 0.6) is 5.75 Å². The van der Waals surface area contributed by atoms with E-state index in [4.69, 9.17) is 10.5 Å². The van der Waals surface area contributed by atoms with Gasteiger partial charge in [0, 0.05) is 12.2 Å². The first-order chi connectivity index (χ1) is 11.2. The van der Waals surface area contributed by atoms with Gasteiger partial charge in [-0.15, -0.1) is 0 Å². The van der Waals surface area contributed by atoms with E-state index in [0.717, 1.165) is 25.1 Å². The first-order valence-electron chi connectivity index (χ1n) is 8.48. The van der Waals surface area contributed by atoms with Crippen LogP contribution < -0.4 is 15.8 Å². The molecule has 0 fully saturated rings. The van der Waals surface area contributed by atoms with Crippen molar-refractivity contribution in [1.29, 1.82) is 0 Å². The lowest BCUT2D eigenvalue weighted by molar-refractivity contribution is 0.417. The monoisotopic (exact) mass is 312 g/mol. The van der Waals surface area contributed by atoms with Crippen LogP contribution in [0, 0.1) is 0 Å². The molecule has 0 heterocycles. The molecule has 0 aromatic heterocycles. The van der Waals surface area contributed by atoms with Crippen LogP contribution in [0.15, 0.2) is 42.5 Å². The Kier molecular flexibility index (Phi) is 6.79. The first-order valence-corrected chi connectivity index (χ1v) is 8.48. The number of anilines is 2. The Morgan fingerprint density at radius 3 is 2.30 bits per heavy atom. The number of hydrogen-bond donors (Lipinski definition) is 2. The third-order valence-corrected chi connectivity index (χ3v) is 4.04. The zero-order valence-electron chi connectivity index (χ0n) is 14.3. The highest BCUT2D eigenvalue weighted by Gasteiger charge is 2.01. The first kappa shape index (κ1) is 17.2. The Labute approximate surface area is 139 Å². The molecule has 2 aromatic carbocycles. The molecule has 0 bridgehead atoms. The largest absolute Gasteiger partial charge is 0.495 e. The lowest BCUT2D eigenvalue weighted by atomic mass is 10.1. The summed E-state index contributed by atoms with van der Waals surface area (Å²) in [4.78, 5) is 0. The fraction of sp³-hybridized carbons (Fsp3) is 0.400. The van der Waals surface area contributed by atoms with Crippen molar-refractivity contribution in [2.24, 2.45) is 0 Å². The van der Waals surface area contributed by atoms with Crippen molar-refractivity contribution >= 4 is 11.4 Å². The Hall–Kier alpha value is -2.16. The third kappa shape index (κ3) is 5.51. The molecule has 23 heavy (non-hydrogen) atoms. The van der Waals surface area contributed by atoms with Gasteiger partial charge in [-0.2, -0.15) is 0 Å². The molecule has 0 aliphatic heterocycles. The van der Waals surface area contributed by atoms with Gasteiger partial charge in [0.1, 0.15) is 5.75 Å². The summed E-state index contributed by atoms with van der Waals surface area (Å²) in [5.41, 5.74) is 10.5. The highest BCUT2D eigenvalue weighted by atomic mass is 16.5. The van der Waals surface area contributed by atoms with E-state index in [-0.39, 0.29) is 0 Å². The summed E-state index contributed by atoms with van der Waals surface area (Å²) >= 11 is 0. The molecular formula is C20H28N2O. The number of nitrogens with one attached hydrogen (secondary N) is 1. The van der Waals surface area contributed by atoms with Crippen molar-refractivity contribution in [3.63, 3.8) is 0 Å². The molecule has 0 unspecified atom stereocenters. The number of nitrogens with two attached hydrogens (primary N) is 1. The van der Waals surface area contributed by atoms with Gasteiger partial charge in [0.05, 0.1) is 12.8 Å². The van der Waals surface area contributed by atoms with Crippen LogP contribution in [0.4, 0.5) is 11.4 Å². The second kappa shape index (κ2) is 9.09. The van der Waals surface area contributed by atoms with E-state index in [1.54, 1.807) is 7.11 Å². The van der Waals surface area contributed by atoms with Crippen molar-refractivity contribution in [3.8, 4) is 5.75 Å². The fourth-order valence-corrected chi connectivity index (χ4v) is 2.63. The average molecular weight is 312 g/mol. The van der Waals surface area contributed by atoms with Gasteiger partial charge in [-0.1, -0.05) is 31.5 Å². The van der Waals surface area contributed by atoms with Crippen LogP contribution in [0.2, 0.25) is 0 Å². The Morgan fingerprint density at radius 1 is 0.957 bits per heavy atom. The average Bonchev–Trinajstić information content (AvgIpc) is 2.58. The van der Waals surface area contributed by atoms with Gasteiger partial charge in [-0.25, -0.2) is 0 Å². The van der Waals surface area contributed by atoms with Crippen molar-refractivity contribution in [1.82, 2.24) is 0 Å². The highest BCUT2D eigenvalue weighted by molar-refractivity contribution is 5.54. The molecule has 0 saturated heterocycles. The number of ether oxygens (including phenoxy) is 1. The van der Waals surface area contributed by atoms with Gasteiger partial charge in [-0.05, 0) is 61.1 Å². The third-order valence-electron chi connectivity index (χ3n) is 4.04.